The molecule has 0 aromatic heterocycles. The van der Waals surface area contributed by atoms with Gasteiger partial charge < -0.3 is 9.80 Å². The number of hydrazine groups is 1. The normalized spacial score (nSPS) is 18.5. The van der Waals surface area contributed by atoms with E-state index in [1.807, 2.05) is 0 Å². The standard InChI is InChI=1S/C16H19FN4O3/c17-11-1-3-12(4-2-11)20-7-9-21(10-8-20)14(22)6-5-13-15(23)18-19-16(13)24/h1-4,13H,5-10H2,(H,18,23)(H,19,24). The molecule has 2 aliphatic rings. The quantitative estimate of drug-likeness (QED) is 0.762. The van der Waals surface area contributed by atoms with Crippen LogP contribution in [0.4, 0.5) is 10.1 Å². The Morgan fingerprint density at radius 3 is 2.21 bits per heavy atom. The lowest BCUT2D eigenvalue weighted by atomic mass is 10.0. The second-order valence-electron chi connectivity index (χ2n) is 5.91. The first-order valence-corrected chi connectivity index (χ1v) is 7.92. The van der Waals surface area contributed by atoms with Gasteiger partial charge >= 0.3 is 0 Å². The van der Waals surface area contributed by atoms with Gasteiger partial charge in [0, 0.05) is 38.3 Å². The maximum atomic E-state index is 13.0. The molecule has 0 spiro atoms. The lowest BCUT2D eigenvalue weighted by Crippen LogP contribution is -2.48. The fourth-order valence-corrected chi connectivity index (χ4v) is 2.97. The molecule has 2 N–H and O–H groups in total. The van der Waals surface area contributed by atoms with Crippen molar-refractivity contribution in [2.75, 3.05) is 31.1 Å². The third kappa shape index (κ3) is 3.47. The van der Waals surface area contributed by atoms with Gasteiger partial charge in [-0.15, -0.1) is 0 Å². The largest absolute Gasteiger partial charge is 0.368 e. The fraction of sp³-hybridized carbons (Fsp3) is 0.438. The Morgan fingerprint density at radius 2 is 1.62 bits per heavy atom. The van der Waals surface area contributed by atoms with Gasteiger partial charge in [0.05, 0.1) is 0 Å². The maximum Gasteiger partial charge on any atom is 0.251 e. The third-order valence-corrected chi connectivity index (χ3v) is 4.41. The second kappa shape index (κ2) is 6.86. The van der Waals surface area contributed by atoms with E-state index in [4.69, 9.17) is 0 Å². The lowest BCUT2D eigenvalue weighted by molar-refractivity contribution is -0.132. The number of nitrogens with one attached hydrogen (secondary N) is 2. The highest BCUT2D eigenvalue weighted by Crippen LogP contribution is 2.18. The fourth-order valence-electron chi connectivity index (χ4n) is 2.97. The Kier molecular flexibility index (Phi) is 4.64. The second-order valence-corrected chi connectivity index (χ2v) is 5.91. The summed E-state index contributed by atoms with van der Waals surface area (Å²) in [6.07, 6.45) is 0.386. The Hall–Kier alpha value is -2.64. The number of amides is 3. The molecule has 1 aromatic rings. The average Bonchev–Trinajstić information content (AvgIpc) is 2.92. The number of nitrogens with zero attached hydrogens (tertiary/aromatic N) is 2. The molecule has 128 valence electrons. The summed E-state index contributed by atoms with van der Waals surface area (Å²) in [6.45, 7) is 2.47. The van der Waals surface area contributed by atoms with Crippen molar-refractivity contribution in [3.63, 3.8) is 0 Å². The molecule has 2 fully saturated rings. The zero-order chi connectivity index (χ0) is 17.1. The van der Waals surface area contributed by atoms with Gasteiger partial charge in [-0.1, -0.05) is 0 Å². The van der Waals surface area contributed by atoms with Crippen LogP contribution in [0.1, 0.15) is 12.8 Å². The highest BCUT2D eigenvalue weighted by atomic mass is 19.1. The minimum atomic E-state index is -0.783. The van der Waals surface area contributed by atoms with Crippen LogP contribution in [0.3, 0.4) is 0 Å². The average molecular weight is 334 g/mol. The minimum absolute atomic E-state index is 0.0544. The van der Waals surface area contributed by atoms with E-state index in [2.05, 4.69) is 15.8 Å². The lowest BCUT2D eigenvalue weighted by Gasteiger charge is -2.36. The SMILES string of the molecule is O=C1NNC(=O)C1CCC(=O)N1CCN(c2ccc(F)cc2)CC1. The van der Waals surface area contributed by atoms with Gasteiger partial charge in [0.2, 0.25) is 5.91 Å². The summed E-state index contributed by atoms with van der Waals surface area (Å²) in [4.78, 5) is 39.0. The number of anilines is 1. The van der Waals surface area contributed by atoms with Crippen LogP contribution in [0, 0.1) is 11.7 Å². The molecule has 7 nitrogen and oxygen atoms in total. The van der Waals surface area contributed by atoms with Gasteiger partial charge in [0.15, 0.2) is 0 Å². The molecule has 2 saturated heterocycles. The van der Waals surface area contributed by atoms with Gasteiger partial charge in [-0.2, -0.15) is 0 Å². The number of benzene rings is 1. The van der Waals surface area contributed by atoms with Crippen LogP contribution >= 0.6 is 0 Å². The predicted molar refractivity (Wildman–Crippen MR) is 84.2 cm³/mol. The smallest absolute Gasteiger partial charge is 0.251 e. The zero-order valence-corrected chi connectivity index (χ0v) is 13.1. The molecule has 0 saturated carbocycles. The molecule has 3 rings (SSSR count). The molecule has 0 bridgehead atoms. The van der Waals surface area contributed by atoms with Crippen molar-refractivity contribution < 1.29 is 18.8 Å². The predicted octanol–water partition coefficient (Wildman–Crippen LogP) is 0.0317. The van der Waals surface area contributed by atoms with Crippen molar-refractivity contribution >= 4 is 23.4 Å². The van der Waals surface area contributed by atoms with Crippen LogP contribution in [0.25, 0.3) is 0 Å². The first-order chi connectivity index (χ1) is 11.5. The van der Waals surface area contributed by atoms with E-state index in [9.17, 15) is 18.8 Å². The summed E-state index contributed by atoms with van der Waals surface area (Å²) in [5, 5.41) is 0. The van der Waals surface area contributed by atoms with E-state index in [1.165, 1.54) is 12.1 Å². The molecular formula is C16H19FN4O3. The van der Waals surface area contributed by atoms with Crippen LogP contribution in [-0.2, 0) is 14.4 Å². The topological polar surface area (TPSA) is 81.8 Å². The Balaban J connectivity index is 1.47. The monoisotopic (exact) mass is 334 g/mol. The Bertz CT molecular complexity index is 625. The number of carbonyl (C=O) groups is 3. The van der Waals surface area contributed by atoms with E-state index in [1.54, 1.807) is 17.0 Å². The molecule has 8 heteroatoms. The molecular weight excluding hydrogens is 315 g/mol. The number of halogens is 1. The molecule has 0 aliphatic carbocycles. The van der Waals surface area contributed by atoms with Crippen molar-refractivity contribution in [3.05, 3.63) is 30.1 Å². The number of rotatable bonds is 4. The van der Waals surface area contributed by atoms with Gasteiger partial charge in [0.1, 0.15) is 11.7 Å². The summed E-state index contributed by atoms with van der Waals surface area (Å²) in [5.41, 5.74) is 5.44. The molecule has 2 heterocycles. The van der Waals surface area contributed by atoms with Crippen molar-refractivity contribution in [3.8, 4) is 0 Å². The Morgan fingerprint density at radius 1 is 1.04 bits per heavy atom. The first-order valence-electron chi connectivity index (χ1n) is 7.92. The highest BCUT2D eigenvalue weighted by molar-refractivity contribution is 6.05. The molecule has 0 unspecified atom stereocenters. The summed E-state index contributed by atoms with van der Waals surface area (Å²) in [7, 11) is 0. The van der Waals surface area contributed by atoms with E-state index in [-0.39, 0.29) is 36.4 Å². The summed E-state index contributed by atoms with van der Waals surface area (Å²) >= 11 is 0. The molecule has 3 amide bonds. The van der Waals surface area contributed by atoms with E-state index >= 15 is 0 Å². The number of hydrogen-bond donors (Lipinski definition) is 2. The first kappa shape index (κ1) is 16.2. The van der Waals surface area contributed by atoms with Crippen molar-refractivity contribution in [2.45, 2.75) is 12.8 Å². The maximum absolute atomic E-state index is 13.0. The third-order valence-electron chi connectivity index (χ3n) is 4.41. The van der Waals surface area contributed by atoms with Gasteiger partial charge in [-0.05, 0) is 30.7 Å². The molecule has 0 atom stereocenters. The number of hydrogen-bond acceptors (Lipinski definition) is 4. The van der Waals surface area contributed by atoms with E-state index in [0.29, 0.717) is 26.2 Å². The van der Waals surface area contributed by atoms with E-state index < -0.39 is 5.92 Å². The molecule has 1 aromatic carbocycles. The van der Waals surface area contributed by atoms with Gasteiger partial charge in [-0.25, -0.2) is 4.39 Å². The molecule has 24 heavy (non-hydrogen) atoms. The van der Waals surface area contributed by atoms with Crippen LogP contribution < -0.4 is 15.8 Å². The van der Waals surface area contributed by atoms with Crippen molar-refractivity contribution in [1.82, 2.24) is 15.8 Å². The summed E-state index contributed by atoms with van der Waals surface area (Å²) in [5.74, 6) is -1.87. The Labute approximate surface area is 138 Å². The summed E-state index contributed by atoms with van der Waals surface area (Å²) in [6, 6.07) is 6.30. The highest BCUT2D eigenvalue weighted by Gasteiger charge is 2.33. The van der Waals surface area contributed by atoms with Crippen molar-refractivity contribution in [2.24, 2.45) is 5.92 Å². The number of carbonyl (C=O) groups excluding carboxylic acids is 3. The van der Waals surface area contributed by atoms with Gasteiger partial charge in [0.25, 0.3) is 11.8 Å². The molecule has 0 radical (unpaired) electrons. The minimum Gasteiger partial charge on any atom is -0.368 e. The van der Waals surface area contributed by atoms with Crippen LogP contribution in [0.2, 0.25) is 0 Å². The van der Waals surface area contributed by atoms with Crippen LogP contribution in [-0.4, -0.2) is 48.8 Å². The van der Waals surface area contributed by atoms with Crippen LogP contribution in [0.5, 0.6) is 0 Å². The van der Waals surface area contributed by atoms with E-state index in [0.717, 1.165) is 5.69 Å². The van der Waals surface area contributed by atoms with Gasteiger partial charge in [-0.3, -0.25) is 25.2 Å². The van der Waals surface area contributed by atoms with Crippen LogP contribution in [0.15, 0.2) is 24.3 Å². The van der Waals surface area contributed by atoms with Crippen molar-refractivity contribution in [1.29, 1.82) is 0 Å². The zero-order valence-electron chi connectivity index (χ0n) is 13.1. The number of piperazine rings is 1. The summed E-state index contributed by atoms with van der Waals surface area (Å²) < 4.78 is 13.0. The molecule has 2 aliphatic heterocycles.